The molecule has 1 saturated heterocycles. The molecule has 0 unspecified atom stereocenters. The Kier molecular flexibility index (Phi) is 3.71. The molecule has 1 aliphatic rings. The van der Waals surface area contributed by atoms with Crippen LogP contribution in [0.3, 0.4) is 0 Å². The van der Waals surface area contributed by atoms with Crippen LogP contribution < -0.4 is 0 Å². The van der Waals surface area contributed by atoms with E-state index < -0.39 is 32.2 Å². The molecule has 0 atom stereocenters. The average molecular weight is 302 g/mol. The maximum Gasteiger partial charge on any atom is 0.304 e. The standard InChI is InChI=1S/C11H11FN2O5S/c12-9-7-8(1-2-10(9)14(16)17)11(15)13-3-5-20(18,19)6-4-13/h1-2,7H,3-6H2. The van der Waals surface area contributed by atoms with Gasteiger partial charge in [-0.05, 0) is 12.1 Å². The predicted molar refractivity (Wildman–Crippen MR) is 67.6 cm³/mol. The van der Waals surface area contributed by atoms with Gasteiger partial charge in [0, 0.05) is 24.7 Å². The third-order valence-corrected chi connectivity index (χ3v) is 4.63. The Hall–Kier alpha value is -2.03. The van der Waals surface area contributed by atoms with E-state index in [9.17, 15) is 27.7 Å². The highest BCUT2D eigenvalue weighted by Crippen LogP contribution is 2.19. The van der Waals surface area contributed by atoms with Crippen molar-refractivity contribution >= 4 is 21.4 Å². The Morgan fingerprint density at radius 1 is 1.30 bits per heavy atom. The molecule has 20 heavy (non-hydrogen) atoms. The third-order valence-electron chi connectivity index (χ3n) is 3.02. The van der Waals surface area contributed by atoms with E-state index in [2.05, 4.69) is 0 Å². The first-order chi connectivity index (χ1) is 9.30. The van der Waals surface area contributed by atoms with Gasteiger partial charge in [0.1, 0.15) is 0 Å². The monoisotopic (exact) mass is 302 g/mol. The summed E-state index contributed by atoms with van der Waals surface area (Å²) in [5.74, 6) is -1.89. The summed E-state index contributed by atoms with van der Waals surface area (Å²) in [5, 5.41) is 10.5. The maximum atomic E-state index is 13.4. The second-order valence-corrected chi connectivity index (χ2v) is 6.67. The number of carbonyl (C=O) groups is 1. The maximum absolute atomic E-state index is 13.4. The largest absolute Gasteiger partial charge is 0.337 e. The van der Waals surface area contributed by atoms with Crippen molar-refractivity contribution in [1.82, 2.24) is 4.90 Å². The third kappa shape index (κ3) is 2.93. The highest BCUT2D eigenvalue weighted by Gasteiger charge is 2.26. The van der Waals surface area contributed by atoms with Crippen molar-refractivity contribution in [3.8, 4) is 0 Å². The van der Waals surface area contributed by atoms with Crippen molar-refractivity contribution in [2.45, 2.75) is 0 Å². The fourth-order valence-corrected chi connectivity index (χ4v) is 3.09. The Labute approximate surface area is 114 Å². The molecule has 0 spiro atoms. The zero-order valence-electron chi connectivity index (χ0n) is 10.3. The van der Waals surface area contributed by atoms with Crippen LogP contribution in [0.5, 0.6) is 0 Å². The number of amides is 1. The van der Waals surface area contributed by atoms with Gasteiger partial charge in [0.05, 0.1) is 16.4 Å². The zero-order valence-corrected chi connectivity index (χ0v) is 11.1. The second kappa shape index (κ2) is 5.16. The molecule has 1 heterocycles. The van der Waals surface area contributed by atoms with Gasteiger partial charge < -0.3 is 4.90 Å². The highest BCUT2D eigenvalue weighted by atomic mass is 32.2. The van der Waals surface area contributed by atoms with Gasteiger partial charge in [-0.15, -0.1) is 0 Å². The fourth-order valence-electron chi connectivity index (χ4n) is 1.89. The van der Waals surface area contributed by atoms with Crippen molar-refractivity contribution in [3.05, 3.63) is 39.7 Å². The van der Waals surface area contributed by atoms with E-state index in [1.165, 1.54) is 4.90 Å². The minimum atomic E-state index is -3.11. The van der Waals surface area contributed by atoms with E-state index in [1.807, 2.05) is 0 Å². The van der Waals surface area contributed by atoms with Crippen LogP contribution in [0.15, 0.2) is 18.2 Å². The smallest absolute Gasteiger partial charge is 0.304 e. The summed E-state index contributed by atoms with van der Waals surface area (Å²) in [5.41, 5.74) is -0.741. The molecule has 0 saturated carbocycles. The minimum absolute atomic E-state index is 0.0348. The van der Waals surface area contributed by atoms with Gasteiger partial charge in [0.25, 0.3) is 5.91 Å². The molecular formula is C11H11FN2O5S. The summed E-state index contributed by atoms with van der Waals surface area (Å²) in [6.07, 6.45) is 0. The number of sulfone groups is 1. The second-order valence-electron chi connectivity index (χ2n) is 4.37. The van der Waals surface area contributed by atoms with Gasteiger partial charge in [-0.2, -0.15) is 4.39 Å². The molecule has 1 amide bonds. The van der Waals surface area contributed by atoms with Crippen molar-refractivity contribution in [1.29, 1.82) is 0 Å². The van der Waals surface area contributed by atoms with Crippen molar-refractivity contribution in [3.63, 3.8) is 0 Å². The highest BCUT2D eigenvalue weighted by molar-refractivity contribution is 7.91. The van der Waals surface area contributed by atoms with Gasteiger partial charge in [-0.1, -0.05) is 0 Å². The van der Waals surface area contributed by atoms with Gasteiger partial charge in [-0.3, -0.25) is 14.9 Å². The van der Waals surface area contributed by atoms with Crippen LogP contribution in [-0.4, -0.2) is 48.7 Å². The van der Waals surface area contributed by atoms with Crippen LogP contribution >= 0.6 is 0 Å². The number of rotatable bonds is 2. The Morgan fingerprint density at radius 2 is 1.90 bits per heavy atom. The van der Waals surface area contributed by atoms with E-state index in [0.29, 0.717) is 0 Å². The number of nitro benzene ring substituents is 1. The van der Waals surface area contributed by atoms with Gasteiger partial charge in [-0.25, -0.2) is 8.42 Å². The quantitative estimate of drug-likeness (QED) is 0.588. The molecule has 2 rings (SSSR count). The molecule has 0 N–H and O–H groups in total. The molecule has 9 heteroatoms. The average Bonchev–Trinajstić information content (AvgIpc) is 2.37. The van der Waals surface area contributed by atoms with Crippen LogP contribution in [0.2, 0.25) is 0 Å². The van der Waals surface area contributed by atoms with Gasteiger partial charge in [0.15, 0.2) is 9.84 Å². The molecular weight excluding hydrogens is 291 g/mol. The van der Waals surface area contributed by atoms with Gasteiger partial charge in [0.2, 0.25) is 5.82 Å². The molecule has 0 radical (unpaired) electrons. The van der Waals surface area contributed by atoms with Crippen LogP contribution in [0, 0.1) is 15.9 Å². The lowest BCUT2D eigenvalue weighted by Gasteiger charge is -2.26. The SMILES string of the molecule is O=C(c1ccc([N+](=O)[O-])c(F)c1)N1CCS(=O)(=O)CC1. The first-order valence-electron chi connectivity index (χ1n) is 5.74. The van der Waals surface area contributed by atoms with E-state index in [-0.39, 0.29) is 30.2 Å². The minimum Gasteiger partial charge on any atom is -0.337 e. The molecule has 1 aromatic rings. The molecule has 0 aliphatic carbocycles. The predicted octanol–water partition coefficient (Wildman–Crippen LogP) is 0.604. The van der Waals surface area contributed by atoms with E-state index in [0.717, 1.165) is 18.2 Å². The van der Waals surface area contributed by atoms with Crippen LogP contribution in [0.1, 0.15) is 10.4 Å². The summed E-state index contributed by atoms with van der Waals surface area (Å²) in [7, 11) is -3.11. The summed E-state index contributed by atoms with van der Waals surface area (Å²) >= 11 is 0. The van der Waals surface area contributed by atoms with Crippen molar-refractivity contribution < 1.29 is 22.5 Å². The zero-order chi connectivity index (χ0) is 14.9. The van der Waals surface area contributed by atoms with Crippen molar-refractivity contribution in [2.75, 3.05) is 24.6 Å². The molecule has 0 aromatic heterocycles. The number of benzene rings is 1. The van der Waals surface area contributed by atoms with Crippen LogP contribution in [-0.2, 0) is 9.84 Å². The van der Waals surface area contributed by atoms with E-state index in [4.69, 9.17) is 0 Å². The number of hydrogen-bond donors (Lipinski definition) is 0. The number of nitro groups is 1. The lowest BCUT2D eigenvalue weighted by Crippen LogP contribution is -2.43. The lowest BCUT2D eigenvalue weighted by atomic mass is 10.1. The molecule has 1 fully saturated rings. The number of carbonyl (C=O) groups excluding carboxylic acids is 1. The fraction of sp³-hybridized carbons (Fsp3) is 0.364. The summed E-state index contributed by atoms with van der Waals surface area (Å²) in [6.45, 7) is 0.0829. The first kappa shape index (κ1) is 14.4. The Bertz CT molecular complexity index is 659. The molecule has 0 bridgehead atoms. The van der Waals surface area contributed by atoms with E-state index in [1.54, 1.807) is 0 Å². The van der Waals surface area contributed by atoms with Crippen LogP contribution in [0.4, 0.5) is 10.1 Å². The van der Waals surface area contributed by atoms with Crippen molar-refractivity contribution in [2.24, 2.45) is 0 Å². The topological polar surface area (TPSA) is 97.6 Å². The number of nitrogens with zero attached hydrogens (tertiary/aromatic N) is 2. The molecule has 108 valence electrons. The number of hydrogen-bond acceptors (Lipinski definition) is 5. The lowest BCUT2D eigenvalue weighted by molar-refractivity contribution is -0.387. The van der Waals surface area contributed by atoms with Crippen LogP contribution in [0.25, 0.3) is 0 Å². The number of halogens is 1. The molecule has 1 aliphatic heterocycles. The first-order valence-corrected chi connectivity index (χ1v) is 7.56. The Balaban J connectivity index is 2.18. The Morgan fingerprint density at radius 3 is 2.40 bits per heavy atom. The summed E-state index contributed by atoms with van der Waals surface area (Å²) in [6, 6.07) is 2.87. The summed E-state index contributed by atoms with van der Waals surface area (Å²) < 4.78 is 36.0. The molecule has 7 nitrogen and oxygen atoms in total. The summed E-state index contributed by atoms with van der Waals surface area (Å²) in [4.78, 5) is 22.9. The molecule has 1 aromatic carbocycles. The van der Waals surface area contributed by atoms with Gasteiger partial charge >= 0.3 is 5.69 Å². The normalized spacial score (nSPS) is 17.8. The van der Waals surface area contributed by atoms with E-state index >= 15 is 0 Å².